The van der Waals surface area contributed by atoms with Crippen LogP contribution in [0.4, 0.5) is 0 Å². The van der Waals surface area contributed by atoms with Crippen molar-refractivity contribution in [3.63, 3.8) is 0 Å². The molecule has 0 aliphatic heterocycles. The molecule has 0 saturated heterocycles. The zero-order valence-corrected chi connectivity index (χ0v) is 13.5. The van der Waals surface area contributed by atoms with Crippen LogP contribution in [-0.2, 0) is 6.54 Å². The summed E-state index contributed by atoms with van der Waals surface area (Å²) in [6, 6.07) is 12.8. The van der Waals surface area contributed by atoms with Crippen LogP contribution in [0.5, 0.6) is 5.75 Å². The monoisotopic (exact) mass is 345 g/mol. The number of fused-ring (bicyclic) bond motifs is 1. The molecule has 0 spiro atoms. The summed E-state index contributed by atoms with van der Waals surface area (Å²) in [5, 5.41) is 3.98. The summed E-state index contributed by atoms with van der Waals surface area (Å²) >= 11 is 5.84. The first-order chi connectivity index (χ1) is 11.6. The number of aromatic amines is 2. The van der Waals surface area contributed by atoms with Gasteiger partial charge in [-0.2, -0.15) is 0 Å². The molecule has 0 saturated carbocycles. The van der Waals surface area contributed by atoms with E-state index in [1.165, 1.54) is 0 Å². The van der Waals surface area contributed by atoms with Gasteiger partial charge in [0, 0.05) is 18.1 Å². The number of halogens is 1. The number of para-hydroxylation sites is 1. The van der Waals surface area contributed by atoms with Crippen LogP contribution in [0.3, 0.4) is 0 Å². The van der Waals surface area contributed by atoms with Gasteiger partial charge in [-0.25, -0.2) is 0 Å². The highest BCUT2D eigenvalue weighted by Crippen LogP contribution is 2.19. The Balaban J connectivity index is 1.58. The second-order valence-electron chi connectivity index (χ2n) is 5.24. The van der Waals surface area contributed by atoms with Crippen LogP contribution in [0.2, 0.25) is 5.02 Å². The SMILES string of the molecule is O=c1[nH]c2cccc(OCCNCc3ccc(Cl)cc3)c2[nH]c1=O. The Morgan fingerprint density at radius 1 is 1.00 bits per heavy atom. The fourth-order valence-corrected chi connectivity index (χ4v) is 2.43. The van der Waals surface area contributed by atoms with Gasteiger partial charge in [-0.15, -0.1) is 0 Å². The minimum atomic E-state index is -0.695. The minimum absolute atomic E-state index is 0.424. The maximum Gasteiger partial charge on any atom is 0.314 e. The molecule has 1 aromatic heterocycles. The van der Waals surface area contributed by atoms with Crippen LogP contribution in [-0.4, -0.2) is 23.1 Å². The van der Waals surface area contributed by atoms with Gasteiger partial charge in [0.25, 0.3) is 0 Å². The van der Waals surface area contributed by atoms with E-state index >= 15 is 0 Å². The van der Waals surface area contributed by atoms with Crippen LogP contribution >= 0.6 is 11.6 Å². The number of benzene rings is 2. The van der Waals surface area contributed by atoms with Crippen LogP contribution < -0.4 is 21.2 Å². The summed E-state index contributed by atoms with van der Waals surface area (Å²) in [5.41, 5.74) is 0.779. The molecule has 124 valence electrons. The smallest absolute Gasteiger partial charge is 0.314 e. The zero-order chi connectivity index (χ0) is 16.9. The third-order valence-electron chi connectivity index (χ3n) is 3.50. The lowest BCUT2D eigenvalue weighted by Gasteiger charge is -2.09. The molecule has 0 unspecified atom stereocenters. The molecule has 1 heterocycles. The number of rotatable bonds is 6. The maximum atomic E-state index is 11.5. The third-order valence-corrected chi connectivity index (χ3v) is 3.75. The molecule has 24 heavy (non-hydrogen) atoms. The normalized spacial score (nSPS) is 10.9. The molecule has 0 atom stereocenters. The third kappa shape index (κ3) is 3.84. The number of nitrogens with one attached hydrogen (secondary N) is 3. The minimum Gasteiger partial charge on any atom is -0.490 e. The van der Waals surface area contributed by atoms with Gasteiger partial charge in [0.15, 0.2) is 0 Å². The van der Waals surface area contributed by atoms with E-state index in [0.29, 0.717) is 41.5 Å². The first kappa shape index (κ1) is 16.3. The highest BCUT2D eigenvalue weighted by molar-refractivity contribution is 6.30. The lowest BCUT2D eigenvalue weighted by Crippen LogP contribution is -2.29. The topological polar surface area (TPSA) is 87.0 Å². The second kappa shape index (κ2) is 7.33. The van der Waals surface area contributed by atoms with Crippen molar-refractivity contribution in [2.75, 3.05) is 13.2 Å². The molecule has 0 aliphatic carbocycles. The molecule has 7 heteroatoms. The molecule has 3 aromatic rings. The first-order valence-corrected chi connectivity index (χ1v) is 7.84. The van der Waals surface area contributed by atoms with E-state index in [1.54, 1.807) is 18.2 Å². The van der Waals surface area contributed by atoms with E-state index in [1.807, 2.05) is 24.3 Å². The van der Waals surface area contributed by atoms with Crippen molar-refractivity contribution in [2.24, 2.45) is 0 Å². The molecule has 6 nitrogen and oxygen atoms in total. The van der Waals surface area contributed by atoms with E-state index in [9.17, 15) is 9.59 Å². The Kier molecular flexibility index (Phi) is 4.98. The lowest BCUT2D eigenvalue weighted by atomic mass is 10.2. The lowest BCUT2D eigenvalue weighted by molar-refractivity contribution is 0.316. The second-order valence-corrected chi connectivity index (χ2v) is 5.68. The summed E-state index contributed by atoms with van der Waals surface area (Å²) in [6.07, 6.45) is 0. The molecule has 2 aromatic carbocycles. The van der Waals surface area contributed by atoms with Gasteiger partial charge >= 0.3 is 11.1 Å². The van der Waals surface area contributed by atoms with Gasteiger partial charge in [-0.3, -0.25) is 9.59 Å². The van der Waals surface area contributed by atoms with Gasteiger partial charge in [-0.05, 0) is 29.8 Å². The fraction of sp³-hybridized carbons (Fsp3) is 0.176. The first-order valence-electron chi connectivity index (χ1n) is 7.47. The summed E-state index contributed by atoms with van der Waals surface area (Å²) in [6.45, 7) is 1.76. The summed E-state index contributed by atoms with van der Waals surface area (Å²) in [5.74, 6) is 0.522. The Morgan fingerprint density at radius 3 is 2.54 bits per heavy atom. The number of hydrogen-bond donors (Lipinski definition) is 3. The highest BCUT2D eigenvalue weighted by Gasteiger charge is 2.05. The fourth-order valence-electron chi connectivity index (χ4n) is 2.30. The van der Waals surface area contributed by atoms with Crippen molar-refractivity contribution in [3.8, 4) is 5.75 Å². The van der Waals surface area contributed by atoms with Crippen molar-refractivity contribution in [1.29, 1.82) is 0 Å². The Hall–Kier alpha value is -2.57. The van der Waals surface area contributed by atoms with Gasteiger partial charge in [-0.1, -0.05) is 29.8 Å². The molecule has 0 aliphatic rings. The Morgan fingerprint density at radius 2 is 1.75 bits per heavy atom. The summed E-state index contributed by atoms with van der Waals surface area (Å²) in [4.78, 5) is 27.9. The maximum absolute atomic E-state index is 11.5. The number of aromatic nitrogens is 2. The van der Waals surface area contributed by atoms with Gasteiger partial charge in [0.2, 0.25) is 0 Å². The van der Waals surface area contributed by atoms with Crippen molar-refractivity contribution >= 4 is 22.6 Å². The predicted molar refractivity (Wildman–Crippen MR) is 93.8 cm³/mol. The molecule has 0 amide bonds. The number of hydrogen-bond acceptors (Lipinski definition) is 4. The standard InChI is InChI=1S/C17H16ClN3O3/c18-12-6-4-11(5-7-12)10-19-8-9-24-14-3-1-2-13-15(14)21-17(23)16(22)20-13/h1-7,19H,8-10H2,(H,20,22)(H,21,23). The van der Waals surface area contributed by atoms with E-state index in [0.717, 1.165) is 5.56 Å². The number of H-pyrrole nitrogens is 2. The largest absolute Gasteiger partial charge is 0.490 e. The quantitative estimate of drug-likeness (QED) is 0.471. The van der Waals surface area contributed by atoms with Crippen molar-refractivity contribution in [3.05, 3.63) is 73.8 Å². The molecule has 0 radical (unpaired) electrons. The average molecular weight is 346 g/mol. The van der Waals surface area contributed by atoms with E-state index in [2.05, 4.69) is 15.3 Å². The Labute approximate surface area is 142 Å². The molecule has 0 bridgehead atoms. The average Bonchev–Trinajstić information content (AvgIpc) is 2.58. The number of ether oxygens (including phenoxy) is 1. The summed E-state index contributed by atoms with van der Waals surface area (Å²) in [7, 11) is 0. The highest BCUT2D eigenvalue weighted by atomic mass is 35.5. The Bertz CT molecular complexity index is 948. The van der Waals surface area contributed by atoms with Crippen molar-refractivity contribution in [1.82, 2.24) is 15.3 Å². The molecule has 3 N–H and O–H groups in total. The van der Waals surface area contributed by atoms with E-state index in [-0.39, 0.29) is 0 Å². The zero-order valence-electron chi connectivity index (χ0n) is 12.8. The predicted octanol–water partition coefficient (Wildman–Crippen LogP) is 2.04. The van der Waals surface area contributed by atoms with Crippen LogP contribution in [0.25, 0.3) is 11.0 Å². The van der Waals surface area contributed by atoms with Crippen LogP contribution in [0, 0.1) is 0 Å². The molecular weight excluding hydrogens is 330 g/mol. The molecular formula is C17H16ClN3O3. The molecule has 3 rings (SSSR count). The van der Waals surface area contributed by atoms with Gasteiger partial charge in [0.05, 0.1) is 5.52 Å². The van der Waals surface area contributed by atoms with Crippen LogP contribution in [0.1, 0.15) is 5.56 Å². The van der Waals surface area contributed by atoms with Crippen molar-refractivity contribution < 1.29 is 4.74 Å². The van der Waals surface area contributed by atoms with E-state index in [4.69, 9.17) is 16.3 Å². The summed E-state index contributed by atoms with van der Waals surface area (Å²) < 4.78 is 5.70. The van der Waals surface area contributed by atoms with Crippen LogP contribution in [0.15, 0.2) is 52.1 Å². The van der Waals surface area contributed by atoms with Gasteiger partial charge < -0.3 is 20.0 Å². The van der Waals surface area contributed by atoms with Gasteiger partial charge in [0.1, 0.15) is 17.9 Å². The molecule has 0 fully saturated rings. The van der Waals surface area contributed by atoms with E-state index < -0.39 is 11.1 Å². The van der Waals surface area contributed by atoms with Crippen molar-refractivity contribution in [2.45, 2.75) is 6.54 Å².